The van der Waals surface area contributed by atoms with Crippen molar-refractivity contribution in [2.24, 2.45) is 26.2 Å². The standard InChI is InChI=1S/C35H26N8O10S2/c36-26-17-25(44)13-14-27(26)41-38-22-7-1-18(2-8-22)19-3-9-23(10-4-19)39-42-32-28(54(48,49)50)15-21-16-29(55(51,52)53)33(34(45)30(21)31(32)37)43-40-24-11-5-20(6-12-24)35(46)47/h1-17,38,40H,36-37H2,(H,46,47)(H,48,49,50)(H,51,52,53)/b41-27+,42-39?,43-33+. The van der Waals surface area contributed by atoms with E-state index in [-0.39, 0.29) is 28.4 Å². The molecule has 0 amide bonds. The second kappa shape index (κ2) is 14.7. The number of nitrogens with one attached hydrogen (secondary N) is 2. The first-order valence-electron chi connectivity index (χ1n) is 15.5. The third kappa shape index (κ3) is 8.26. The van der Waals surface area contributed by atoms with E-state index in [2.05, 4.69) is 31.3 Å². The van der Waals surface area contributed by atoms with Gasteiger partial charge in [-0.2, -0.15) is 32.2 Å². The molecule has 9 N–H and O–H groups in total. The SMILES string of the molecule is NC1=CC(=O)C=C/C1=N\Nc1ccc(-c2ccc(N=Nc3c(S(=O)(=O)O)cc4c(c3N)C(=O)/C(=N/Nc3ccc(C(=O)O)cc3)C(S(=O)(=O)O)=C4)cc2)cc1. The number of nitrogens with zero attached hydrogens (tertiary/aromatic N) is 4. The number of carboxylic acid groups (broad SMARTS) is 1. The number of nitrogens with two attached hydrogens (primary N) is 2. The van der Waals surface area contributed by atoms with E-state index in [1.165, 1.54) is 42.5 Å². The number of nitrogen functional groups attached to an aromatic ring is 1. The van der Waals surface area contributed by atoms with Crippen molar-refractivity contribution in [3.05, 3.63) is 124 Å². The zero-order valence-corrected chi connectivity index (χ0v) is 29.4. The summed E-state index contributed by atoms with van der Waals surface area (Å²) >= 11 is 0. The number of fused-ring (bicyclic) bond motifs is 1. The number of ketones is 2. The lowest BCUT2D eigenvalue weighted by molar-refractivity contribution is -0.110. The number of carbonyl (C=O) groups excluding carboxylic acids is 2. The lowest BCUT2D eigenvalue weighted by Gasteiger charge is -2.20. The van der Waals surface area contributed by atoms with Crippen molar-refractivity contribution in [3.8, 4) is 11.1 Å². The summed E-state index contributed by atoms with van der Waals surface area (Å²) in [4.78, 5) is 34.3. The van der Waals surface area contributed by atoms with E-state index in [4.69, 9.17) is 16.6 Å². The fourth-order valence-electron chi connectivity index (χ4n) is 5.23. The number of benzene rings is 4. The van der Waals surface area contributed by atoms with Crippen molar-refractivity contribution in [1.29, 1.82) is 0 Å². The Kier molecular flexibility index (Phi) is 10.1. The number of hydrazone groups is 2. The molecule has 0 aliphatic heterocycles. The predicted molar refractivity (Wildman–Crippen MR) is 203 cm³/mol. The zero-order chi connectivity index (χ0) is 39.7. The van der Waals surface area contributed by atoms with Gasteiger partial charge in [0.2, 0.25) is 5.78 Å². The Balaban J connectivity index is 1.28. The zero-order valence-electron chi connectivity index (χ0n) is 27.8. The maximum atomic E-state index is 13.7. The van der Waals surface area contributed by atoms with Gasteiger partial charge in [0, 0.05) is 6.08 Å². The summed E-state index contributed by atoms with van der Waals surface area (Å²) in [7, 11) is -10.3. The first-order valence-corrected chi connectivity index (χ1v) is 18.4. The number of Topliss-reactive ketones (excluding diaryl/α,β-unsaturated/α-hetero) is 1. The predicted octanol–water partition coefficient (Wildman–Crippen LogP) is 4.94. The molecule has 2 aliphatic rings. The second-order valence-corrected chi connectivity index (χ2v) is 14.4. The van der Waals surface area contributed by atoms with Gasteiger partial charge in [0.25, 0.3) is 20.2 Å². The van der Waals surface area contributed by atoms with Crippen molar-refractivity contribution < 1.29 is 45.4 Å². The Bertz CT molecular complexity index is 2700. The van der Waals surface area contributed by atoms with Gasteiger partial charge < -0.3 is 16.6 Å². The second-order valence-electron chi connectivity index (χ2n) is 11.6. The number of rotatable bonds is 10. The van der Waals surface area contributed by atoms with Crippen LogP contribution in [0.4, 0.5) is 28.4 Å². The number of azo groups is 1. The normalized spacial score (nSPS) is 15.9. The quantitative estimate of drug-likeness (QED) is 0.0369. The fraction of sp³-hybridized carbons (Fsp3) is 0. The molecular formula is C35H26N8O10S2. The molecule has 0 unspecified atom stereocenters. The Morgan fingerprint density at radius 3 is 1.85 bits per heavy atom. The highest BCUT2D eigenvalue weighted by molar-refractivity contribution is 7.91. The van der Waals surface area contributed by atoms with Gasteiger partial charge in [0.1, 0.15) is 21.2 Å². The number of allylic oxidation sites excluding steroid dienone is 4. The maximum Gasteiger partial charge on any atom is 0.335 e. The minimum atomic E-state index is -5.16. The molecular weight excluding hydrogens is 757 g/mol. The maximum absolute atomic E-state index is 13.7. The van der Waals surface area contributed by atoms with Gasteiger partial charge in [-0.3, -0.25) is 29.5 Å². The van der Waals surface area contributed by atoms with Crippen LogP contribution in [0.25, 0.3) is 17.2 Å². The number of aromatic carboxylic acids is 1. The fourth-order valence-corrected chi connectivity index (χ4v) is 6.56. The molecule has 0 atom stereocenters. The summed E-state index contributed by atoms with van der Waals surface area (Å²) in [6, 6.07) is 19.4. The molecule has 55 heavy (non-hydrogen) atoms. The highest BCUT2D eigenvalue weighted by Gasteiger charge is 2.37. The molecule has 0 heterocycles. The Morgan fingerprint density at radius 2 is 1.29 bits per heavy atom. The lowest BCUT2D eigenvalue weighted by atomic mass is 9.92. The molecule has 0 bridgehead atoms. The van der Waals surface area contributed by atoms with E-state index >= 15 is 0 Å². The molecule has 0 aromatic heterocycles. The third-order valence-corrected chi connectivity index (χ3v) is 9.67. The molecule has 0 saturated heterocycles. The summed E-state index contributed by atoms with van der Waals surface area (Å²) in [5, 5.41) is 25.1. The smallest absolute Gasteiger partial charge is 0.335 e. The minimum Gasteiger partial charge on any atom is -0.478 e. The molecule has 0 radical (unpaired) electrons. The van der Waals surface area contributed by atoms with E-state index in [0.717, 1.165) is 23.3 Å². The third-order valence-electron chi connectivity index (χ3n) is 7.94. The number of carboxylic acids is 1. The molecule has 2 aliphatic carbocycles. The number of carbonyl (C=O) groups is 3. The Labute approximate surface area is 311 Å². The highest BCUT2D eigenvalue weighted by atomic mass is 32.2. The summed E-state index contributed by atoms with van der Waals surface area (Å²) < 4.78 is 69.5. The van der Waals surface area contributed by atoms with Gasteiger partial charge in [0.05, 0.1) is 39.6 Å². The summed E-state index contributed by atoms with van der Waals surface area (Å²) in [6.45, 7) is 0. The average Bonchev–Trinajstić information content (AvgIpc) is 3.13. The van der Waals surface area contributed by atoms with Crippen molar-refractivity contribution in [2.45, 2.75) is 4.90 Å². The molecule has 0 spiro atoms. The average molecular weight is 783 g/mol. The van der Waals surface area contributed by atoms with Crippen LogP contribution in [0, 0.1) is 0 Å². The topological polar surface area (TPSA) is 306 Å². The molecule has 278 valence electrons. The van der Waals surface area contributed by atoms with Gasteiger partial charge in [-0.05, 0) is 89.5 Å². The van der Waals surface area contributed by atoms with Crippen molar-refractivity contribution in [1.82, 2.24) is 0 Å². The first-order chi connectivity index (χ1) is 26.0. The molecule has 6 rings (SSSR count). The monoisotopic (exact) mass is 782 g/mol. The van der Waals surface area contributed by atoms with Gasteiger partial charge in [-0.25, -0.2) is 4.79 Å². The largest absolute Gasteiger partial charge is 0.478 e. The van der Waals surface area contributed by atoms with Crippen LogP contribution in [0.1, 0.15) is 26.3 Å². The highest BCUT2D eigenvalue weighted by Crippen LogP contribution is 2.41. The van der Waals surface area contributed by atoms with Crippen LogP contribution in [-0.4, -0.2) is 60.0 Å². The van der Waals surface area contributed by atoms with Crippen LogP contribution in [0.5, 0.6) is 0 Å². The number of hydrogen-bond acceptors (Lipinski definition) is 15. The van der Waals surface area contributed by atoms with Gasteiger partial charge >= 0.3 is 5.97 Å². The van der Waals surface area contributed by atoms with Crippen LogP contribution in [0.3, 0.4) is 0 Å². The van der Waals surface area contributed by atoms with E-state index in [1.807, 2.05) is 12.1 Å². The van der Waals surface area contributed by atoms with Crippen molar-refractivity contribution in [3.63, 3.8) is 0 Å². The number of hydrogen-bond donors (Lipinski definition) is 7. The van der Waals surface area contributed by atoms with Crippen molar-refractivity contribution >= 4 is 83.7 Å². The van der Waals surface area contributed by atoms with Crippen LogP contribution in [0.15, 0.2) is 133 Å². The van der Waals surface area contributed by atoms with E-state index < -0.39 is 70.0 Å². The molecule has 18 nitrogen and oxygen atoms in total. The van der Waals surface area contributed by atoms with Gasteiger partial charge in [-0.15, -0.1) is 5.11 Å². The molecule has 20 heteroatoms. The van der Waals surface area contributed by atoms with Crippen LogP contribution < -0.4 is 22.3 Å². The van der Waals surface area contributed by atoms with Crippen LogP contribution in [-0.2, 0) is 25.0 Å². The molecule has 0 fully saturated rings. The van der Waals surface area contributed by atoms with Crippen LogP contribution >= 0.6 is 0 Å². The molecule has 4 aromatic rings. The van der Waals surface area contributed by atoms with Crippen molar-refractivity contribution in [2.75, 3.05) is 16.6 Å². The number of anilines is 3. The van der Waals surface area contributed by atoms with E-state index in [9.17, 15) is 40.3 Å². The van der Waals surface area contributed by atoms with Gasteiger partial charge in [0.15, 0.2) is 11.5 Å². The lowest BCUT2D eigenvalue weighted by Crippen LogP contribution is -2.28. The Hall–Kier alpha value is -7.13. The molecule has 4 aromatic carbocycles. The summed E-state index contributed by atoms with van der Waals surface area (Å²) in [6.07, 6.45) is 4.86. The first kappa shape index (κ1) is 37.6. The van der Waals surface area contributed by atoms with Gasteiger partial charge in [-0.1, -0.05) is 24.3 Å². The van der Waals surface area contributed by atoms with E-state index in [0.29, 0.717) is 11.4 Å². The summed E-state index contributed by atoms with van der Waals surface area (Å²) in [5.41, 5.74) is 17.5. The van der Waals surface area contributed by atoms with E-state index in [1.54, 1.807) is 36.4 Å². The van der Waals surface area contributed by atoms with Crippen LogP contribution in [0.2, 0.25) is 0 Å². The molecule has 0 saturated carbocycles. The minimum absolute atomic E-state index is 0.0656. The summed E-state index contributed by atoms with van der Waals surface area (Å²) in [5.74, 6) is -2.61. The Morgan fingerprint density at radius 1 is 0.709 bits per heavy atom.